The number of nitrogens with one attached hydrogen (secondary N) is 1. The summed E-state index contributed by atoms with van der Waals surface area (Å²) in [6, 6.07) is 17.1. The molecule has 1 N–H and O–H groups in total. The van der Waals surface area contributed by atoms with Crippen LogP contribution < -0.4 is 5.32 Å². The number of benzene rings is 2. The van der Waals surface area contributed by atoms with Gasteiger partial charge in [0.05, 0.1) is 5.02 Å². The van der Waals surface area contributed by atoms with E-state index in [9.17, 15) is 4.79 Å². The average Bonchev–Trinajstić information content (AvgIpc) is 3.36. The molecule has 1 aliphatic heterocycles. The van der Waals surface area contributed by atoms with Crippen LogP contribution in [0.1, 0.15) is 24.4 Å². The summed E-state index contributed by atoms with van der Waals surface area (Å²) in [5, 5.41) is 13.1. The highest BCUT2D eigenvalue weighted by Crippen LogP contribution is 2.32. The smallest absolute Gasteiger partial charge is 0.248 e. The van der Waals surface area contributed by atoms with Gasteiger partial charge in [0, 0.05) is 5.56 Å². The quantitative estimate of drug-likeness (QED) is 0.680. The molecule has 0 bridgehead atoms. The normalized spacial score (nSPS) is 15.6. The van der Waals surface area contributed by atoms with E-state index in [1.165, 1.54) is 11.3 Å². The first kappa shape index (κ1) is 18.1. The van der Waals surface area contributed by atoms with Gasteiger partial charge in [-0.2, -0.15) is 0 Å². The summed E-state index contributed by atoms with van der Waals surface area (Å²) < 4.78 is 0. The van der Waals surface area contributed by atoms with Gasteiger partial charge >= 0.3 is 0 Å². The maximum atomic E-state index is 13.1. The Bertz CT molecular complexity index is 924. The zero-order valence-corrected chi connectivity index (χ0v) is 16.2. The molecule has 0 radical (unpaired) electrons. The van der Waals surface area contributed by atoms with Gasteiger partial charge in [-0.1, -0.05) is 71.5 Å². The lowest BCUT2D eigenvalue weighted by atomic mass is 10.1. The molecule has 2 aromatic carbocycles. The number of rotatable bonds is 5. The lowest BCUT2D eigenvalue weighted by Crippen LogP contribution is -2.35. The Labute approximate surface area is 167 Å². The fourth-order valence-electron chi connectivity index (χ4n) is 3.35. The van der Waals surface area contributed by atoms with Gasteiger partial charge in [0.15, 0.2) is 5.01 Å². The van der Waals surface area contributed by atoms with Crippen molar-refractivity contribution in [1.29, 1.82) is 0 Å². The Hall–Kier alpha value is -2.28. The summed E-state index contributed by atoms with van der Waals surface area (Å²) in [6.07, 6.45) is 2.23. The highest BCUT2D eigenvalue weighted by atomic mass is 35.5. The molecule has 1 fully saturated rings. The molecule has 4 rings (SSSR count). The van der Waals surface area contributed by atoms with Crippen LogP contribution in [0.15, 0.2) is 54.6 Å². The van der Waals surface area contributed by atoms with E-state index in [2.05, 4.69) is 20.4 Å². The zero-order chi connectivity index (χ0) is 18.6. The first-order chi connectivity index (χ1) is 13.2. The Kier molecular flexibility index (Phi) is 5.48. The standard InChI is InChI=1S/C20H19ClN4OS/c21-16-11-5-4-10-15(16)19-23-24-20(27-19)22-18(26)17(25-12-6-7-13-25)14-8-2-1-3-9-14/h1-5,8-11,17H,6-7,12-13H2,(H,22,24,26). The van der Waals surface area contributed by atoms with E-state index < -0.39 is 0 Å². The Morgan fingerprint density at radius 3 is 2.48 bits per heavy atom. The van der Waals surface area contributed by atoms with Gasteiger partial charge in [0.25, 0.3) is 0 Å². The Morgan fingerprint density at radius 2 is 1.74 bits per heavy atom. The molecule has 138 valence electrons. The SMILES string of the molecule is O=C(Nc1nnc(-c2ccccc2Cl)s1)C(c1ccccc1)N1CCCC1. The van der Waals surface area contributed by atoms with E-state index in [1.807, 2.05) is 54.6 Å². The minimum absolute atomic E-state index is 0.0787. The second-order valence-corrected chi connectivity index (χ2v) is 7.82. The number of nitrogens with zero attached hydrogens (tertiary/aromatic N) is 3. The van der Waals surface area contributed by atoms with E-state index in [4.69, 9.17) is 11.6 Å². The van der Waals surface area contributed by atoms with Crippen LogP contribution in [0.25, 0.3) is 10.6 Å². The third-order valence-electron chi connectivity index (χ3n) is 4.63. The summed E-state index contributed by atoms with van der Waals surface area (Å²) in [6.45, 7) is 1.85. The van der Waals surface area contributed by atoms with Crippen LogP contribution in [-0.2, 0) is 4.79 Å². The molecule has 27 heavy (non-hydrogen) atoms. The minimum atomic E-state index is -0.318. The molecule has 3 aromatic rings. The third-order valence-corrected chi connectivity index (χ3v) is 5.83. The van der Waals surface area contributed by atoms with Gasteiger partial charge in [0.2, 0.25) is 11.0 Å². The lowest BCUT2D eigenvalue weighted by Gasteiger charge is -2.26. The van der Waals surface area contributed by atoms with Crippen molar-refractivity contribution in [2.24, 2.45) is 0 Å². The summed E-state index contributed by atoms with van der Waals surface area (Å²) >= 11 is 7.56. The van der Waals surface area contributed by atoms with E-state index >= 15 is 0 Å². The summed E-state index contributed by atoms with van der Waals surface area (Å²) in [7, 11) is 0. The predicted octanol–water partition coefficient (Wildman–Crippen LogP) is 4.63. The fraction of sp³-hybridized carbons (Fsp3) is 0.250. The first-order valence-corrected chi connectivity index (χ1v) is 10.1. The number of halogens is 1. The molecule has 5 nitrogen and oxygen atoms in total. The predicted molar refractivity (Wildman–Crippen MR) is 109 cm³/mol. The number of hydrogen-bond acceptors (Lipinski definition) is 5. The van der Waals surface area contributed by atoms with Crippen LogP contribution in [0.4, 0.5) is 5.13 Å². The molecule has 2 heterocycles. The van der Waals surface area contributed by atoms with Gasteiger partial charge in [-0.3, -0.25) is 15.0 Å². The van der Waals surface area contributed by atoms with Crippen molar-refractivity contribution in [2.75, 3.05) is 18.4 Å². The van der Waals surface area contributed by atoms with Gasteiger partial charge in [-0.15, -0.1) is 10.2 Å². The van der Waals surface area contributed by atoms with Crippen molar-refractivity contribution >= 4 is 34.0 Å². The van der Waals surface area contributed by atoms with E-state index in [0.717, 1.165) is 37.1 Å². The van der Waals surface area contributed by atoms with Gasteiger partial charge in [0.1, 0.15) is 6.04 Å². The summed E-state index contributed by atoms with van der Waals surface area (Å²) in [5.74, 6) is -0.0787. The second kappa shape index (κ2) is 8.17. The lowest BCUT2D eigenvalue weighted by molar-refractivity contribution is -0.121. The van der Waals surface area contributed by atoms with Crippen molar-refractivity contribution in [3.63, 3.8) is 0 Å². The molecule has 1 atom stereocenters. The highest BCUT2D eigenvalue weighted by Gasteiger charge is 2.30. The molecule has 1 saturated heterocycles. The molecule has 1 unspecified atom stereocenters. The van der Waals surface area contributed by atoms with Crippen molar-refractivity contribution in [3.8, 4) is 10.6 Å². The summed E-state index contributed by atoms with van der Waals surface area (Å²) in [4.78, 5) is 15.3. The molecular weight excluding hydrogens is 380 g/mol. The molecule has 0 aliphatic carbocycles. The van der Waals surface area contributed by atoms with Crippen LogP contribution in [0.5, 0.6) is 0 Å². The topological polar surface area (TPSA) is 58.1 Å². The van der Waals surface area contributed by atoms with Gasteiger partial charge in [-0.05, 0) is 37.6 Å². The van der Waals surface area contributed by atoms with E-state index in [0.29, 0.717) is 15.2 Å². The fourth-order valence-corrected chi connectivity index (χ4v) is 4.42. The molecule has 7 heteroatoms. The van der Waals surface area contributed by atoms with Crippen LogP contribution in [-0.4, -0.2) is 34.1 Å². The van der Waals surface area contributed by atoms with Crippen molar-refractivity contribution in [2.45, 2.75) is 18.9 Å². The minimum Gasteiger partial charge on any atom is -0.299 e. The number of carbonyl (C=O) groups excluding carboxylic acids is 1. The average molecular weight is 399 g/mol. The molecular formula is C20H19ClN4OS. The Balaban J connectivity index is 1.56. The van der Waals surface area contributed by atoms with Crippen LogP contribution in [0.3, 0.4) is 0 Å². The monoisotopic (exact) mass is 398 g/mol. The van der Waals surface area contributed by atoms with Crippen LogP contribution in [0, 0.1) is 0 Å². The van der Waals surface area contributed by atoms with Gasteiger partial charge in [-0.25, -0.2) is 0 Å². The highest BCUT2D eigenvalue weighted by molar-refractivity contribution is 7.18. The number of hydrogen-bond donors (Lipinski definition) is 1. The van der Waals surface area contributed by atoms with Gasteiger partial charge < -0.3 is 0 Å². The first-order valence-electron chi connectivity index (χ1n) is 8.90. The van der Waals surface area contributed by atoms with Crippen molar-refractivity contribution in [1.82, 2.24) is 15.1 Å². The number of carbonyl (C=O) groups is 1. The molecule has 1 aliphatic rings. The third kappa shape index (κ3) is 4.03. The van der Waals surface area contributed by atoms with Crippen molar-refractivity contribution < 1.29 is 4.79 Å². The van der Waals surface area contributed by atoms with Crippen LogP contribution >= 0.6 is 22.9 Å². The second-order valence-electron chi connectivity index (χ2n) is 6.44. The number of likely N-dealkylation sites (tertiary alicyclic amines) is 1. The van der Waals surface area contributed by atoms with Crippen molar-refractivity contribution in [3.05, 3.63) is 65.2 Å². The number of aromatic nitrogens is 2. The molecule has 1 amide bonds. The maximum absolute atomic E-state index is 13.1. The zero-order valence-electron chi connectivity index (χ0n) is 14.6. The molecule has 1 aromatic heterocycles. The molecule has 0 saturated carbocycles. The van der Waals surface area contributed by atoms with E-state index in [1.54, 1.807) is 0 Å². The maximum Gasteiger partial charge on any atom is 0.248 e. The van der Waals surface area contributed by atoms with Crippen LogP contribution in [0.2, 0.25) is 5.02 Å². The number of anilines is 1. The Morgan fingerprint density at radius 1 is 1.04 bits per heavy atom. The largest absolute Gasteiger partial charge is 0.299 e. The molecule has 0 spiro atoms. The number of amides is 1. The van der Waals surface area contributed by atoms with E-state index in [-0.39, 0.29) is 11.9 Å². The summed E-state index contributed by atoms with van der Waals surface area (Å²) in [5.41, 5.74) is 1.81.